The summed E-state index contributed by atoms with van der Waals surface area (Å²) in [6, 6.07) is 29.2. The number of anilines is 4. The standard InChI is InChI=1S/C33H32N4O5/c1-3-42-32(40)24-13-15-26(16-14-24)35-31(39)28(23-10-5-4-6-11-23)21-30(38)34-25-17-19-27(20-18-25)36-33(41)37-29-12-8-7-9-22(29)2/h4-20,28H,3,21H2,1-2H3,(H,34,38)(H,35,39)(H2,36,37,41). The van der Waals surface area contributed by atoms with Crippen molar-refractivity contribution in [3.8, 4) is 0 Å². The van der Waals surface area contributed by atoms with Crippen LogP contribution in [0.4, 0.5) is 27.5 Å². The molecule has 0 aliphatic rings. The fourth-order valence-corrected chi connectivity index (χ4v) is 4.21. The van der Waals surface area contributed by atoms with Crippen molar-refractivity contribution < 1.29 is 23.9 Å². The maximum Gasteiger partial charge on any atom is 0.338 e. The molecule has 0 spiro atoms. The van der Waals surface area contributed by atoms with E-state index in [0.29, 0.717) is 33.9 Å². The van der Waals surface area contributed by atoms with Gasteiger partial charge in [-0.15, -0.1) is 0 Å². The Labute approximate surface area is 244 Å². The van der Waals surface area contributed by atoms with Crippen molar-refractivity contribution in [2.75, 3.05) is 27.9 Å². The number of nitrogens with one attached hydrogen (secondary N) is 4. The monoisotopic (exact) mass is 564 g/mol. The number of aryl methyl sites for hydroxylation is 1. The normalized spacial score (nSPS) is 11.1. The lowest BCUT2D eigenvalue weighted by atomic mass is 9.94. The van der Waals surface area contributed by atoms with Gasteiger partial charge in [-0.05, 0) is 79.6 Å². The van der Waals surface area contributed by atoms with Gasteiger partial charge in [0.05, 0.1) is 18.1 Å². The maximum atomic E-state index is 13.3. The Morgan fingerprint density at radius 1 is 0.667 bits per heavy atom. The molecule has 0 aliphatic heterocycles. The first-order chi connectivity index (χ1) is 20.3. The summed E-state index contributed by atoms with van der Waals surface area (Å²) in [5.74, 6) is -1.92. The van der Waals surface area contributed by atoms with Crippen molar-refractivity contribution in [1.29, 1.82) is 0 Å². The summed E-state index contributed by atoms with van der Waals surface area (Å²) in [5, 5.41) is 11.2. The van der Waals surface area contributed by atoms with Crippen LogP contribution in [0.2, 0.25) is 0 Å². The highest BCUT2D eigenvalue weighted by Gasteiger charge is 2.24. The number of carbonyl (C=O) groups is 4. The van der Waals surface area contributed by atoms with E-state index in [9.17, 15) is 19.2 Å². The van der Waals surface area contributed by atoms with Crippen molar-refractivity contribution in [2.24, 2.45) is 0 Å². The minimum Gasteiger partial charge on any atom is -0.462 e. The Kier molecular flexibility index (Phi) is 10.0. The zero-order valence-electron chi connectivity index (χ0n) is 23.3. The molecule has 9 heteroatoms. The molecule has 1 unspecified atom stereocenters. The van der Waals surface area contributed by atoms with Crippen LogP contribution in [-0.4, -0.2) is 30.4 Å². The molecule has 1 atom stereocenters. The molecule has 4 amide bonds. The summed E-state index contributed by atoms with van der Waals surface area (Å²) in [7, 11) is 0. The van der Waals surface area contributed by atoms with Gasteiger partial charge in [-0.1, -0.05) is 48.5 Å². The molecule has 4 N–H and O–H groups in total. The SMILES string of the molecule is CCOC(=O)c1ccc(NC(=O)C(CC(=O)Nc2ccc(NC(=O)Nc3ccccc3C)cc2)c2ccccc2)cc1. The summed E-state index contributed by atoms with van der Waals surface area (Å²) in [6.45, 7) is 3.90. The number of esters is 1. The number of amides is 4. The van der Waals surface area contributed by atoms with Crippen LogP contribution in [0.5, 0.6) is 0 Å². The molecule has 0 bridgehead atoms. The van der Waals surface area contributed by atoms with E-state index in [-0.39, 0.29) is 30.9 Å². The fourth-order valence-electron chi connectivity index (χ4n) is 4.21. The van der Waals surface area contributed by atoms with Crippen molar-refractivity contribution in [1.82, 2.24) is 0 Å². The summed E-state index contributed by atoms with van der Waals surface area (Å²) in [4.78, 5) is 50.6. The summed E-state index contributed by atoms with van der Waals surface area (Å²) in [5.41, 5.74) is 4.28. The van der Waals surface area contributed by atoms with Gasteiger partial charge >= 0.3 is 12.0 Å². The molecule has 0 aromatic heterocycles. The van der Waals surface area contributed by atoms with Crippen LogP contribution in [0, 0.1) is 6.92 Å². The van der Waals surface area contributed by atoms with Gasteiger partial charge in [0.25, 0.3) is 0 Å². The van der Waals surface area contributed by atoms with Crippen molar-refractivity contribution in [3.05, 3.63) is 120 Å². The lowest BCUT2D eigenvalue weighted by Gasteiger charge is -2.17. The highest BCUT2D eigenvalue weighted by atomic mass is 16.5. The number of rotatable bonds is 10. The Bertz CT molecular complexity index is 1540. The number of benzene rings is 4. The second kappa shape index (κ2) is 14.3. The van der Waals surface area contributed by atoms with Gasteiger partial charge in [0.2, 0.25) is 11.8 Å². The van der Waals surface area contributed by atoms with E-state index in [2.05, 4.69) is 21.3 Å². The predicted molar refractivity (Wildman–Crippen MR) is 164 cm³/mol. The smallest absolute Gasteiger partial charge is 0.338 e. The van der Waals surface area contributed by atoms with Crippen LogP contribution < -0.4 is 21.3 Å². The van der Waals surface area contributed by atoms with Gasteiger partial charge < -0.3 is 26.0 Å². The molecule has 0 heterocycles. The van der Waals surface area contributed by atoms with Crippen LogP contribution in [0.25, 0.3) is 0 Å². The molecular formula is C33H32N4O5. The third-order valence-corrected chi connectivity index (χ3v) is 6.39. The molecular weight excluding hydrogens is 532 g/mol. The summed E-state index contributed by atoms with van der Waals surface area (Å²) in [6.07, 6.45) is -0.102. The molecule has 4 rings (SSSR count). The number of para-hydroxylation sites is 1. The minimum atomic E-state index is -0.762. The molecule has 0 fully saturated rings. The molecule has 42 heavy (non-hydrogen) atoms. The molecule has 4 aromatic rings. The summed E-state index contributed by atoms with van der Waals surface area (Å²) < 4.78 is 4.99. The molecule has 4 aromatic carbocycles. The molecule has 0 aliphatic carbocycles. The zero-order valence-corrected chi connectivity index (χ0v) is 23.3. The largest absolute Gasteiger partial charge is 0.462 e. The van der Waals surface area contributed by atoms with E-state index in [1.54, 1.807) is 67.6 Å². The van der Waals surface area contributed by atoms with Gasteiger partial charge in [0.1, 0.15) is 0 Å². The Balaban J connectivity index is 1.37. The van der Waals surface area contributed by atoms with Crippen LogP contribution in [0.15, 0.2) is 103 Å². The maximum absolute atomic E-state index is 13.3. The van der Waals surface area contributed by atoms with Gasteiger partial charge in [-0.2, -0.15) is 0 Å². The average molecular weight is 565 g/mol. The van der Waals surface area contributed by atoms with E-state index in [0.717, 1.165) is 5.56 Å². The first-order valence-electron chi connectivity index (χ1n) is 13.5. The quantitative estimate of drug-likeness (QED) is 0.162. The zero-order chi connectivity index (χ0) is 29.9. The van der Waals surface area contributed by atoms with Gasteiger partial charge in [0.15, 0.2) is 0 Å². The Hall–Kier alpha value is -5.44. The summed E-state index contributed by atoms with van der Waals surface area (Å²) >= 11 is 0. The second-order valence-electron chi connectivity index (χ2n) is 9.47. The number of ether oxygens (including phenoxy) is 1. The molecule has 9 nitrogen and oxygen atoms in total. The third kappa shape index (κ3) is 8.28. The number of hydrogen-bond acceptors (Lipinski definition) is 5. The average Bonchev–Trinajstić information content (AvgIpc) is 2.99. The highest BCUT2D eigenvalue weighted by molar-refractivity contribution is 6.02. The first kappa shape index (κ1) is 29.5. The predicted octanol–water partition coefficient (Wildman–Crippen LogP) is 6.57. The highest BCUT2D eigenvalue weighted by Crippen LogP contribution is 2.24. The van der Waals surface area contributed by atoms with Crippen molar-refractivity contribution in [3.63, 3.8) is 0 Å². The van der Waals surface area contributed by atoms with E-state index < -0.39 is 11.9 Å². The minimum absolute atomic E-state index is 0.102. The molecule has 0 radical (unpaired) electrons. The fraction of sp³-hybridized carbons (Fsp3) is 0.152. The van der Waals surface area contributed by atoms with Gasteiger partial charge in [-0.3, -0.25) is 9.59 Å². The molecule has 0 saturated carbocycles. The van der Waals surface area contributed by atoms with Crippen LogP contribution in [0.1, 0.15) is 40.7 Å². The van der Waals surface area contributed by atoms with E-state index >= 15 is 0 Å². The second-order valence-corrected chi connectivity index (χ2v) is 9.47. The number of carbonyl (C=O) groups excluding carboxylic acids is 4. The number of urea groups is 1. The third-order valence-electron chi connectivity index (χ3n) is 6.39. The van der Waals surface area contributed by atoms with Crippen LogP contribution in [0.3, 0.4) is 0 Å². The van der Waals surface area contributed by atoms with Crippen molar-refractivity contribution in [2.45, 2.75) is 26.2 Å². The van der Waals surface area contributed by atoms with Gasteiger partial charge in [0, 0.05) is 29.2 Å². The van der Waals surface area contributed by atoms with Crippen LogP contribution in [-0.2, 0) is 14.3 Å². The Morgan fingerprint density at radius 3 is 1.88 bits per heavy atom. The lowest BCUT2D eigenvalue weighted by molar-refractivity contribution is -0.122. The van der Waals surface area contributed by atoms with Crippen LogP contribution >= 0.6 is 0 Å². The van der Waals surface area contributed by atoms with Gasteiger partial charge in [-0.25, -0.2) is 9.59 Å². The van der Waals surface area contributed by atoms with E-state index in [1.807, 2.05) is 49.4 Å². The Morgan fingerprint density at radius 2 is 1.24 bits per heavy atom. The van der Waals surface area contributed by atoms with Crippen molar-refractivity contribution >= 4 is 46.6 Å². The lowest BCUT2D eigenvalue weighted by Crippen LogP contribution is -2.26. The first-order valence-corrected chi connectivity index (χ1v) is 13.5. The number of hydrogen-bond donors (Lipinski definition) is 4. The topological polar surface area (TPSA) is 126 Å². The van der Waals surface area contributed by atoms with E-state index in [1.165, 1.54) is 0 Å². The molecule has 214 valence electrons. The van der Waals surface area contributed by atoms with E-state index in [4.69, 9.17) is 4.74 Å². The molecule has 0 saturated heterocycles.